The maximum atomic E-state index is 2.41. The number of aryl methyl sites for hydroxylation is 1. The molecular weight excluding hydrogens is 613 g/mol. The van der Waals surface area contributed by atoms with Crippen molar-refractivity contribution in [1.82, 2.24) is 0 Å². The highest BCUT2D eigenvalue weighted by Crippen LogP contribution is 2.57. The lowest BCUT2D eigenvalue weighted by Gasteiger charge is -2.09. The van der Waals surface area contributed by atoms with Crippen LogP contribution in [0.3, 0.4) is 0 Å². The Morgan fingerprint density at radius 2 is 0.951 bits per heavy atom. The SMILES string of the molecule is CCC(C)c1c(-c2ccc(-c3ccccc3)s2)sc2c1sc1c3sc(-c4ccc(-c5ccccc5)s4)c(C)c3sc21. The average molecular weight is 639 g/mol. The van der Waals surface area contributed by atoms with Crippen molar-refractivity contribution in [3.05, 3.63) is 96.1 Å². The van der Waals surface area contributed by atoms with Gasteiger partial charge in [0.05, 0.1) is 28.2 Å². The van der Waals surface area contributed by atoms with E-state index in [4.69, 9.17) is 0 Å². The van der Waals surface area contributed by atoms with E-state index in [1.807, 2.05) is 68.0 Å². The maximum Gasteiger partial charge on any atom is 0.0651 e. The number of benzene rings is 2. The van der Waals surface area contributed by atoms with E-state index in [1.165, 1.54) is 74.2 Å². The van der Waals surface area contributed by atoms with Gasteiger partial charge in [-0.25, -0.2) is 0 Å². The van der Waals surface area contributed by atoms with E-state index in [9.17, 15) is 0 Å². The van der Waals surface area contributed by atoms with Crippen LogP contribution in [0.5, 0.6) is 0 Å². The van der Waals surface area contributed by atoms with Gasteiger partial charge in [-0.2, -0.15) is 0 Å². The molecule has 0 aliphatic rings. The van der Waals surface area contributed by atoms with Crippen LogP contribution in [0.2, 0.25) is 0 Å². The van der Waals surface area contributed by atoms with E-state index >= 15 is 0 Å². The van der Waals surface area contributed by atoms with Crippen molar-refractivity contribution in [3.63, 3.8) is 0 Å². The van der Waals surface area contributed by atoms with Crippen LogP contribution in [0.4, 0.5) is 0 Å². The first-order valence-electron chi connectivity index (χ1n) is 13.8. The Morgan fingerprint density at radius 1 is 0.488 bits per heavy atom. The number of rotatable bonds is 6. The third-order valence-electron chi connectivity index (χ3n) is 7.90. The van der Waals surface area contributed by atoms with Crippen molar-refractivity contribution in [1.29, 1.82) is 0 Å². The molecule has 1 atom stereocenters. The van der Waals surface area contributed by atoms with Gasteiger partial charge in [-0.05, 0) is 65.8 Å². The Morgan fingerprint density at radius 3 is 1.54 bits per heavy atom. The third kappa shape index (κ3) is 4.22. The Balaban J connectivity index is 1.25. The minimum atomic E-state index is 0.535. The zero-order valence-corrected chi connectivity index (χ0v) is 27.7. The third-order valence-corrected chi connectivity index (χ3v) is 16.3. The fourth-order valence-corrected chi connectivity index (χ4v) is 14.2. The predicted octanol–water partition coefficient (Wildman–Crippen LogP) is 14.0. The van der Waals surface area contributed by atoms with E-state index < -0.39 is 0 Å². The molecule has 0 bridgehead atoms. The summed E-state index contributed by atoms with van der Waals surface area (Å²) in [5, 5.41) is 0. The van der Waals surface area contributed by atoms with Crippen LogP contribution in [0.1, 0.15) is 37.3 Å². The van der Waals surface area contributed by atoms with Crippen molar-refractivity contribution in [2.75, 3.05) is 0 Å². The summed E-state index contributed by atoms with van der Waals surface area (Å²) in [7, 11) is 0. The summed E-state index contributed by atoms with van der Waals surface area (Å²) in [6, 6.07) is 30.8. The second-order valence-corrected chi connectivity index (χ2v) is 16.7. The standard InChI is InChI=1S/C35H26S6/c1-4-19(2)27-30(26-18-16-24(37-26)22-13-9-6-10-14-22)40-33-31(27)41-34-32-29(39-35(33)34)20(3)28(38-32)25-17-15-23(36-25)21-11-7-5-8-12-21/h5-19H,4H2,1-3H3. The van der Waals surface area contributed by atoms with Crippen LogP contribution in [-0.4, -0.2) is 0 Å². The van der Waals surface area contributed by atoms with Gasteiger partial charge in [0.2, 0.25) is 0 Å². The molecule has 6 heterocycles. The molecule has 8 aromatic rings. The molecule has 8 rings (SSSR count). The minimum absolute atomic E-state index is 0.535. The molecule has 0 fully saturated rings. The van der Waals surface area contributed by atoms with Crippen molar-refractivity contribution in [2.24, 2.45) is 0 Å². The van der Waals surface area contributed by atoms with Gasteiger partial charge >= 0.3 is 0 Å². The summed E-state index contributed by atoms with van der Waals surface area (Å²) >= 11 is 11.9. The molecule has 6 aromatic heterocycles. The topological polar surface area (TPSA) is 0 Å². The fourth-order valence-electron chi connectivity index (χ4n) is 5.55. The number of hydrogen-bond acceptors (Lipinski definition) is 6. The molecular formula is C35H26S6. The quantitative estimate of drug-likeness (QED) is 0.170. The Kier molecular flexibility index (Phi) is 6.55. The van der Waals surface area contributed by atoms with E-state index in [2.05, 4.69) is 106 Å². The lowest BCUT2D eigenvalue weighted by Crippen LogP contribution is -1.90. The van der Waals surface area contributed by atoms with Crippen LogP contribution in [0.15, 0.2) is 84.9 Å². The summed E-state index contributed by atoms with van der Waals surface area (Å²) in [5.41, 5.74) is 5.61. The molecule has 0 spiro atoms. The first-order chi connectivity index (χ1) is 20.1. The zero-order chi connectivity index (χ0) is 27.7. The Bertz CT molecular complexity index is 2160. The molecule has 0 aliphatic heterocycles. The maximum absolute atomic E-state index is 2.41. The van der Waals surface area contributed by atoms with Crippen LogP contribution in [0, 0.1) is 6.92 Å². The lowest BCUT2D eigenvalue weighted by molar-refractivity contribution is 0.744. The van der Waals surface area contributed by atoms with E-state index in [0.29, 0.717) is 5.92 Å². The molecule has 0 radical (unpaired) electrons. The van der Waals surface area contributed by atoms with Crippen LogP contribution < -0.4 is 0 Å². The summed E-state index contributed by atoms with van der Waals surface area (Å²) in [6.45, 7) is 7.07. The lowest BCUT2D eigenvalue weighted by atomic mass is 9.98. The number of thiophene rings is 6. The van der Waals surface area contributed by atoms with Gasteiger partial charge < -0.3 is 0 Å². The number of fused-ring (bicyclic) bond motifs is 5. The highest BCUT2D eigenvalue weighted by atomic mass is 32.1. The Labute approximate surface area is 263 Å². The molecule has 202 valence electrons. The minimum Gasteiger partial charge on any atom is -0.134 e. The summed E-state index contributed by atoms with van der Waals surface area (Å²) in [4.78, 5) is 8.40. The van der Waals surface area contributed by atoms with Gasteiger partial charge in [0.15, 0.2) is 0 Å². The molecule has 0 aliphatic carbocycles. The van der Waals surface area contributed by atoms with Crippen LogP contribution >= 0.6 is 68.0 Å². The molecule has 6 heteroatoms. The second-order valence-electron chi connectivity index (χ2n) is 10.4. The fraction of sp³-hybridized carbons (Fsp3) is 0.143. The molecule has 1 unspecified atom stereocenters. The Hall–Kier alpha value is -2.58. The van der Waals surface area contributed by atoms with Gasteiger partial charge in [-0.15, -0.1) is 68.0 Å². The van der Waals surface area contributed by atoms with E-state index in [0.717, 1.165) is 6.42 Å². The van der Waals surface area contributed by atoms with E-state index in [-0.39, 0.29) is 0 Å². The molecule has 0 nitrogen and oxygen atoms in total. The molecule has 0 N–H and O–H groups in total. The first kappa shape index (κ1) is 26.1. The van der Waals surface area contributed by atoms with Crippen molar-refractivity contribution >= 4 is 96.2 Å². The van der Waals surface area contributed by atoms with E-state index in [1.54, 1.807) is 5.56 Å². The largest absolute Gasteiger partial charge is 0.134 e. The molecule has 0 saturated carbocycles. The van der Waals surface area contributed by atoms with Crippen molar-refractivity contribution < 1.29 is 0 Å². The van der Waals surface area contributed by atoms with Gasteiger partial charge in [-0.1, -0.05) is 74.5 Å². The van der Waals surface area contributed by atoms with Crippen LogP contribution in [-0.2, 0) is 0 Å². The van der Waals surface area contributed by atoms with Gasteiger partial charge in [0, 0.05) is 29.3 Å². The molecule has 2 aromatic carbocycles. The van der Waals surface area contributed by atoms with Crippen molar-refractivity contribution in [3.8, 4) is 40.4 Å². The summed E-state index contributed by atoms with van der Waals surface area (Å²) in [6.07, 6.45) is 1.15. The molecule has 0 amide bonds. The normalized spacial score (nSPS) is 12.8. The monoisotopic (exact) mass is 638 g/mol. The van der Waals surface area contributed by atoms with Crippen molar-refractivity contribution in [2.45, 2.75) is 33.1 Å². The molecule has 41 heavy (non-hydrogen) atoms. The van der Waals surface area contributed by atoms with Gasteiger partial charge in [-0.3, -0.25) is 0 Å². The highest BCUT2D eigenvalue weighted by molar-refractivity contribution is 7.46. The van der Waals surface area contributed by atoms with Crippen LogP contribution in [0.25, 0.3) is 68.6 Å². The number of hydrogen-bond donors (Lipinski definition) is 0. The summed E-state index contributed by atoms with van der Waals surface area (Å²) in [5.74, 6) is 0.535. The second kappa shape index (κ2) is 10.3. The average Bonchev–Trinajstić information content (AvgIpc) is 3.84. The van der Waals surface area contributed by atoms with Gasteiger partial charge in [0.25, 0.3) is 0 Å². The first-order valence-corrected chi connectivity index (χ1v) is 18.7. The molecule has 0 saturated heterocycles. The summed E-state index contributed by atoms with van der Waals surface area (Å²) < 4.78 is 8.98. The predicted molar refractivity (Wildman–Crippen MR) is 191 cm³/mol. The highest BCUT2D eigenvalue weighted by Gasteiger charge is 2.26. The smallest absolute Gasteiger partial charge is 0.0651 e. The zero-order valence-electron chi connectivity index (χ0n) is 22.8. The van der Waals surface area contributed by atoms with Gasteiger partial charge in [0.1, 0.15) is 0 Å².